The van der Waals surface area contributed by atoms with Crippen LogP contribution in [0.5, 0.6) is 5.75 Å². The minimum Gasteiger partial charge on any atom is -0.497 e. The highest BCUT2D eigenvalue weighted by molar-refractivity contribution is 6.39. The van der Waals surface area contributed by atoms with Crippen molar-refractivity contribution < 1.29 is 4.74 Å². The van der Waals surface area contributed by atoms with Crippen molar-refractivity contribution in [2.75, 3.05) is 18.2 Å². The Morgan fingerprint density at radius 2 is 1.78 bits per heavy atom. The van der Waals surface area contributed by atoms with E-state index in [0.29, 0.717) is 27.2 Å². The normalized spacial score (nSPS) is 10.2. The molecule has 18 heavy (non-hydrogen) atoms. The van der Waals surface area contributed by atoms with Crippen LogP contribution in [0.25, 0.3) is 0 Å². The van der Waals surface area contributed by atoms with E-state index in [2.05, 4.69) is 5.32 Å². The zero-order valence-corrected chi connectivity index (χ0v) is 11.2. The number of benzene rings is 2. The Morgan fingerprint density at radius 3 is 2.39 bits per heavy atom. The van der Waals surface area contributed by atoms with Crippen molar-refractivity contribution in [3.05, 3.63) is 46.4 Å². The minimum atomic E-state index is 0.545. The van der Waals surface area contributed by atoms with E-state index in [0.717, 1.165) is 5.69 Å². The predicted molar refractivity (Wildman–Crippen MR) is 77.2 cm³/mol. The number of hydrogen-bond acceptors (Lipinski definition) is 3. The summed E-state index contributed by atoms with van der Waals surface area (Å²) in [4.78, 5) is 0. The van der Waals surface area contributed by atoms with E-state index in [1.165, 1.54) is 0 Å². The van der Waals surface area contributed by atoms with Gasteiger partial charge in [0.25, 0.3) is 0 Å². The first-order valence-electron chi connectivity index (χ1n) is 5.26. The maximum Gasteiger partial charge on any atom is 0.122 e. The van der Waals surface area contributed by atoms with Crippen LogP contribution in [-0.4, -0.2) is 7.11 Å². The van der Waals surface area contributed by atoms with Gasteiger partial charge in [-0.2, -0.15) is 0 Å². The van der Waals surface area contributed by atoms with Crippen LogP contribution in [0.15, 0.2) is 36.4 Å². The van der Waals surface area contributed by atoms with E-state index in [1.54, 1.807) is 37.4 Å². The SMILES string of the molecule is COc1cc(N)cc(Nc2c(Cl)cccc2Cl)c1. The largest absolute Gasteiger partial charge is 0.497 e. The number of ether oxygens (including phenoxy) is 1. The molecule has 0 aliphatic heterocycles. The lowest BCUT2D eigenvalue weighted by atomic mass is 10.2. The molecule has 3 N–H and O–H groups in total. The molecule has 0 radical (unpaired) electrons. The third-order valence-electron chi connectivity index (χ3n) is 2.40. The third kappa shape index (κ3) is 2.81. The van der Waals surface area contributed by atoms with Gasteiger partial charge in [-0.05, 0) is 18.2 Å². The van der Waals surface area contributed by atoms with Gasteiger partial charge in [-0.1, -0.05) is 29.3 Å². The fourth-order valence-corrected chi connectivity index (χ4v) is 2.07. The summed E-state index contributed by atoms with van der Waals surface area (Å²) < 4.78 is 5.15. The summed E-state index contributed by atoms with van der Waals surface area (Å²) in [7, 11) is 1.58. The molecule has 0 unspecified atom stereocenters. The molecule has 0 bridgehead atoms. The maximum atomic E-state index is 6.08. The number of halogens is 2. The zero-order chi connectivity index (χ0) is 13.1. The Kier molecular flexibility index (Phi) is 3.84. The third-order valence-corrected chi connectivity index (χ3v) is 3.03. The topological polar surface area (TPSA) is 47.3 Å². The van der Waals surface area contributed by atoms with Crippen LogP contribution in [-0.2, 0) is 0 Å². The van der Waals surface area contributed by atoms with Crippen molar-refractivity contribution in [3.63, 3.8) is 0 Å². The molecule has 5 heteroatoms. The first-order chi connectivity index (χ1) is 8.60. The van der Waals surface area contributed by atoms with Crippen molar-refractivity contribution in [2.24, 2.45) is 0 Å². The summed E-state index contributed by atoms with van der Waals surface area (Å²) in [5.41, 5.74) is 7.79. The van der Waals surface area contributed by atoms with Crippen LogP contribution in [0.2, 0.25) is 10.0 Å². The van der Waals surface area contributed by atoms with Crippen LogP contribution in [0.3, 0.4) is 0 Å². The summed E-state index contributed by atoms with van der Waals surface area (Å²) in [5, 5.41) is 4.22. The summed E-state index contributed by atoms with van der Waals surface area (Å²) in [6.45, 7) is 0. The van der Waals surface area contributed by atoms with Crippen LogP contribution in [0, 0.1) is 0 Å². The van der Waals surface area contributed by atoms with Gasteiger partial charge < -0.3 is 15.8 Å². The highest BCUT2D eigenvalue weighted by Gasteiger charge is 2.06. The van der Waals surface area contributed by atoms with E-state index in [9.17, 15) is 0 Å². The molecule has 0 aromatic heterocycles. The fraction of sp³-hybridized carbons (Fsp3) is 0.0769. The summed E-state index contributed by atoms with van der Waals surface area (Å²) in [6.07, 6.45) is 0. The molecule has 0 fully saturated rings. The molecule has 0 atom stereocenters. The van der Waals surface area contributed by atoms with Gasteiger partial charge in [0.2, 0.25) is 0 Å². The number of nitrogen functional groups attached to an aromatic ring is 1. The van der Waals surface area contributed by atoms with Gasteiger partial charge in [0.1, 0.15) is 5.75 Å². The second-order valence-electron chi connectivity index (χ2n) is 3.72. The van der Waals surface area contributed by atoms with Crippen LogP contribution >= 0.6 is 23.2 Å². The molecule has 0 aliphatic carbocycles. The molecule has 0 saturated heterocycles. The summed E-state index contributed by atoms with van der Waals surface area (Å²) in [6, 6.07) is 10.6. The highest BCUT2D eigenvalue weighted by Crippen LogP contribution is 2.34. The van der Waals surface area contributed by atoms with E-state index < -0.39 is 0 Å². The van der Waals surface area contributed by atoms with Crippen LogP contribution < -0.4 is 15.8 Å². The molecular weight excluding hydrogens is 271 g/mol. The Labute approximate surface area is 115 Å². The number of hydrogen-bond donors (Lipinski definition) is 2. The molecule has 0 saturated carbocycles. The van der Waals surface area contributed by atoms with Gasteiger partial charge in [0.05, 0.1) is 22.8 Å². The van der Waals surface area contributed by atoms with E-state index in [1.807, 2.05) is 6.07 Å². The van der Waals surface area contributed by atoms with Crippen molar-refractivity contribution in [1.29, 1.82) is 0 Å². The number of nitrogens with one attached hydrogen (secondary N) is 1. The highest BCUT2D eigenvalue weighted by atomic mass is 35.5. The maximum absolute atomic E-state index is 6.08. The lowest BCUT2D eigenvalue weighted by Gasteiger charge is -2.12. The van der Waals surface area contributed by atoms with Crippen molar-refractivity contribution in [1.82, 2.24) is 0 Å². The lowest BCUT2D eigenvalue weighted by Crippen LogP contribution is -1.95. The number of nitrogens with two attached hydrogens (primary N) is 1. The van der Waals surface area contributed by atoms with Gasteiger partial charge in [0, 0.05) is 23.5 Å². The molecule has 0 heterocycles. The molecule has 2 aromatic rings. The lowest BCUT2D eigenvalue weighted by molar-refractivity contribution is 0.415. The molecule has 2 aromatic carbocycles. The summed E-state index contributed by atoms with van der Waals surface area (Å²) in [5.74, 6) is 0.667. The van der Waals surface area contributed by atoms with Crippen molar-refractivity contribution in [2.45, 2.75) is 0 Å². The van der Waals surface area contributed by atoms with E-state index in [-0.39, 0.29) is 0 Å². The standard InChI is InChI=1S/C13H12Cl2N2O/c1-18-10-6-8(16)5-9(7-10)17-13-11(14)3-2-4-12(13)15/h2-7,17H,16H2,1H3. The average Bonchev–Trinajstić information content (AvgIpc) is 2.33. The number of rotatable bonds is 3. The molecule has 0 spiro atoms. The molecule has 94 valence electrons. The molecule has 0 amide bonds. The van der Waals surface area contributed by atoms with Gasteiger partial charge in [-0.3, -0.25) is 0 Å². The Hall–Kier alpha value is -1.58. The minimum absolute atomic E-state index is 0.545. The summed E-state index contributed by atoms with van der Waals surface area (Å²) >= 11 is 12.2. The molecule has 2 rings (SSSR count). The van der Waals surface area contributed by atoms with Crippen molar-refractivity contribution in [3.8, 4) is 5.75 Å². The predicted octanol–water partition coefficient (Wildman–Crippen LogP) is 4.33. The smallest absolute Gasteiger partial charge is 0.122 e. The quantitative estimate of drug-likeness (QED) is 0.824. The Balaban J connectivity index is 2.37. The molecular formula is C13H12Cl2N2O. The second kappa shape index (κ2) is 5.38. The van der Waals surface area contributed by atoms with Crippen LogP contribution in [0.4, 0.5) is 17.1 Å². The van der Waals surface area contributed by atoms with Gasteiger partial charge >= 0.3 is 0 Å². The number of anilines is 3. The molecule has 3 nitrogen and oxygen atoms in total. The number of para-hydroxylation sites is 1. The Morgan fingerprint density at radius 1 is 1.11 bits per heavy atom. The van der Waals surface area contributed by atoms with Gasteiger partial charge in [0.15, 0.2) is 0 Å². The average molecular weight is 283 g/mol. The fourth-order valence-electron chi connectivity index (χ4n) is 1.57. The first-order valence-corrected chi connectivity index (χ1v) is 6.01. The second-order valence-corrected chi connectivity index (χ2v) is 4.53. The van der Waals surface area contributed by atoms with E-state index in [4.69, 9.17) is 33.7 Å². The Bertz CT molecular complexity index is 553. The van der Waals surface area contributed by atoms with E-state index >= 15 is 0 Å². The number of methoxy groups -OCH3 is 1. The zero-order valence-electron chi connectivity index (χ0n) is 9.71. The first kappa shape index (κ1) is 12.9. The van der Waals surface area contributed by atoms with Gasteiger partial charge in [-0.15, -0.1) is 0 Å². The van der Waals surface area contributed by atoms with Crippen LogP contribution in [0.1, 0.15) is 0 Å². The van der Waals surface area contributed by atoms with Gasteiger partial charge in [-0.25, -0.2) is 0 Å². The van der Waals surface area contributed by atoms with Crippen molar-refractivity contribution >= 4 is 40.3 Å². The monoisotopic (exact) mass is 282 g/mol. The molecule has 0 aliphatic rings.